The summed E-state index contributed by atoms with van der Waals surface area (Å²) in [6, 6.07) is 15.7. The number of likely N-dealkylation sites (N-methyl/N-ethyl adjacent to an activating group) is 1. The average Bonchev–Trinajstić information content (AvgIpc) is 3.60. The second kappa shape index (κ2) is 8.52. The van der Waals surface area contributed by atoms with Gasteiger partial charge in [0.25, 0.3) is 0 Å². The highest BCUT2D eigenvalue weighted by molar-refractivity contribution is 5.73. The van der Waals surface area contributed by atoms with Gasteiger partial charge in [0, 0.05) is 43.8 Å². The van der Waals surface area contributed by atoms with Crippen LogP contribution in [0.15, 0.2) is 78.2 Å². The van der Waals surface area contributed by atoms with E-state index in [0.717, 1.165) is 46.1 Å². The Bertz CT molecular complexity index is 1670. The zero-order chi connectivity index (χ0) is 24.8. The molecule has 0 saturated carbocycles. The molecular weight excluding hydrogens is 452 g/mol. The minimum Gasteiger partial charge on any atom is -0.340 e. The van der Waals surface area contributed by atoms with Crippen molar-refractivity contribution < 1.29 is 0 Å². The molecule has 0 bridgehead atoms. The third-order valence-corrected chi connectivity index (χ3v) is 6.53. The number of rotatable bonds is 5. The standard InChI is InChI=1S/C27H24N8O/c1-28-22-6-4-19(5-7-22)20-15-25-26-29-10-11-34(26)24-9-8-23(14-21(24)17-33(25)16-20)35-27(36)32(18-30-35)13-12-31(2)3/h4-11,14-16,18H,12-13,17H2,2-3H3. The summed E-state index contributed by atoms with van der Waals surface area (Å²) in [5.41, 5.74) is 6.40. The molecule has 0 saturated heterocycles. The SMILES string of the molecule is [C-]#[N+]c1ccc(-c2cc3n(c2)Cc2cc(-n4ncn(CCN(C)C)c4=O)ccc2-n2ccnc2-3)cc1. The summed E-state index contributed by atoms with van der Waals surface area (Å²) < 4.78 is 7.36. The largest absolute Gasteiger partial charge is 0.350 e. The van der Waals surface area contributed by atoms with E-state index in [0.29, 0.717) is 18.8 Å². The molecule has 0 atom stereocenters. The number of hydrogen-bond donors (Lipinski definition) is 0. The van der Waals surface area contributed by atoms with Gasteiger partial charge in [0.2, 0.25) is 0 Å². The van der Waals surface area contributed by atoms with Crippen molar-refractivity contribution in [1.82, 2.24) is 33.4 Å². The van der Waals surface area contributed by atoms with Gasteiger partial charge >= 0.3 is 5.69 Å². The molecule has 2 aromatic carbocycles. The first-order chi connectivity index (χ1) is 17.5. The molecule has 36 heavy (non-hydrogen) atoms. The van der Waals surface area contributed by atoms with Crippen LogP contribution in [0.2, 0.25) is 0 Å². The van der Waals surface area contributed by atoms with E-state index in [1.54, 1.807) is 17.1 Å². The van der Waals surface area contributed by atoms with Gasteiger partial charge in [0.1, 0.15) is 6.33 Å². The molecular formula is C27H24N8O. The lowest BCUT2D eigenvalue weighted by atomic mass is 10.1. The summed E-state index contributed by atoms with van der Waals surface area (Å²) in [6.07, 6.45) is 7.48. The summed E-state index contributed by atoms with van der Waals surface area (Å²) >= 11 is 0. The van der Waals surface area contributed by atoms with Crippen molar-refractivity contribution in [2.75, 3.05) is 20.6 Å². The fourth-order valence-corrected chi connectivity index (χ4v) is 4.62. The van der Waals surface area contributed by atoms with Crippen molar-refractivity contribution in [3.05, 3.63) is 101 Å². The van der Waals surface area contributed by atoms with Crippen LogP contribution in [0.5, 0.6) is 0 Å². The molecule has 9 nitrogen and oxygen atoms in total. The Labute approximate surface area is 207 Å². The van der Waals surface area contributed by atoms with E-state index < -0.39 is 0 Å². The Hall–Kier alpha value is -4.68. The van der Waals surface area contributed by atoms with Gasteiger partial charge in [-0.05, 0) is 49.5 Å². The maximum atomic E-state index is 13.0. The van der Waals surface area contributed by atoms with Gasteiger partial charge < -0.3 is 9.47 Å². The number of imidazole rings is 1. The lowest BCUT2D eigenvalue weighted by Crippen LogP contribution is -2.28. The fourth-order valence-electron chi connectivity index (χ4n) is 4.62. The molecule has 0 amide bonds. The van der Waals surface area contributed by atoms with Crippen molar-refractivity contribution in [3.63, 3.8) is 0 Å². The molecule has 6 rings (SSSR count). The second-order valence-corrected chi connectivity index (χ2v) is 9.16. The Morgan fingerprint density at radius 2 is 1.92 bits per heavy atom. The number of hydrogen-bond acceptors (Lipinski definition) is 4. The van der Waals surface area contributed by atoms with E-state index >= 15 is 0 Å². The Morgan fingerprint density at radius 3 is 2.69 bits per heavy atom. The third-order valence-electron chi connectivity index (χ3n) is 6.53. The molecule has 5 aromatic rings. The molecule has 1 aliphatic heterocycles. The number of nitrogens with zero attached hydrogens (tertiary/aromatic N) is 8. The van der Waals surface area contributed by atoms with Crippen LogP contribution in [0.1, 0.15) is 5.56 Å². The van der Waals surface area contributed by atoms with Gasteiger partial charge in [-0.2, -0.15) is 9.78 Å². The second-order valence-electron chi connectivity index (χ2n) is 9.16. The quantitative estimate of drug-likeness (QED) is 0.355. The van der Waals surface area contributed by atoms with Crippen LogP contribution in [-0.2, 0) is 13.1 Å². The smallest absolute Gasteiger partial charge is 0.340 e. The topological polar surface area (TPSA) is 70.2 Å². The Kier molecular flexibility index (Phi) is 5.16. The first-order valence-corrected chi connectivity index (χ1v) is 11.7. The molecule has 3 aromatic heterocycles. The maximum absolute atomic E-state index is 13.0. The van der Waals surface area contributed by atoms with Gasteiger partial charge in [0.15, 0.2) is 11.5 Å². The minimum atomic E-state index is -0.152. The number of aromatic nitrogens is 6. The summed E-state index contributed by atoms with van der Waals surface area (Å²) in [7, 11) is 3.96. The van der Waals surface area contributed by atoms with Crippen molar-refractivity contribution in [2.45, 2.75) is 13.1 Å². The first-order valence-electron chi connectivity index (χ1n) is 11.7. The first kappa shape index (κ1) is 21.8. The summed E-state index contributed by atoms with van der Waals surface area (Å²) in [5.74, 6) is 0.857. The molecule has 0 unspecified atom stereocenters. The molecule has 0 N–H and O–H groups in total. The molecule has 4 heterocycles. The fraction of sp³-hybridized carbons (Fsp3) is 0.185. The Morgan fingerprint density at radius 1 is 1.08 bits per heavy atom. The lowest BCUT2D eigenvalue weighted by Gasteiger charge is -2.11. The van der Waals surface area contributed by atoms with Crippen molar-refractivity contribution in [1.29, 1.82) is 0 Å². The third kappa shape index (κ3) is 3.65. The van der Waals surface area contributed by atoms with Gasteiger partial charge in [-0.1, -0.05) is 24.3 Å². The summed E-state index contributed by atoms with van der Waals surface area (Å²) in [6.45, 7) is 9.16. The van der Waals surface area contributed by atoms with E-state index in [9.17, 15) is 4.79 Å². The van der Waals surface area contributed by atoms with Crippen LogP contribution in [0.3, 0.4) is 0 Å². The van der Waals surface area contributed by atoms with Crippen molar-refractivity contribution in [3.8, 4) is 34.0 Å². The highest BCUT2D eigenvalue weighted by atomic mass is 16.2. The minimum absolute atomic E-state index is 0.152. The van der Waals surface area contributed by atoms with Crippen LogP contribution in [-0.4, -0.2) is 54.0 Å². The average molecular weight is 477 g/mol. The maximum Gasteiger partial charge on any atom is 0.350 e. The van der Waals surface area contributed by atoms with Gasteiger partial charge in [-0.25, -0.2) is 14.6 Å². The molecule has 178 valence electrons. The number of benzene rings is 2. The van der Waals surface area contributed by atoms with Crippen LogP contribution in [0, 0.1) is 6.57 Å². The van der Waals surface area contributed by atoms with E-state index in [1.807, 2.05) is 67.7 Å². The van der Waals surface area contributed by atoms with E-state index in [4.69, 9.17) is 6.57 Å². The monoisotopic (exact) mass is 476 g/mol. The molecule has 9 heteroatoms. The molecule has 0 aliphatic carbocycles. The van der Waals surface area contributed by atoms with Crippen molar-refractivity contribution in [2.24, 2.45) is 0 Å². The van der Waals surface area contributed by atoms with Gasteiger partial charge in [-0.3, -0.25) is 9.13 Å². The van der Waals surface area contributed by atoms with Gasteiger partial charge in [-0.15, -0.1) is 0 Å². The molecule has 0 fully saturated rings. The van der Waals surface area contributed by atoms with Crippen LogP contribution >= 0.6 is 0 Å². The normalized spacial score (nSPS) is 12.1. The highest BCUT2D eigenvalue weighted by Crippen LogP contribution is 2.34. The van der Waals surface area contributed by atoms with E-state index in [1.165, 1.54) is 4.68 Å². The van der Waals surface area contributed by atoms with E-state index in [2.05, 4.69) is 36.3 Å². The predicted molar refractivity (Wildman–Crippen MR) is 138 cm³/mol. The van der Waals surface area contributed by atoms with Gasteiger partial charge in [0.05, 0.1) is 23.6 Å². The highest BCUT2D eigenvalue weighted by Gasteiger charge is 2.22. The van der Waals surface area contributed by atoms with Crippen LogP contribution in [0.4, 0.5) is 5.69 Å². The van der Waals surface area contributed by atoms with Crippen LogP contribution < -0.4 is 5.69 Å². The lowest BCUT2D eigenvalue weighted by molar-refractivity contribution is 0.380. The zero-order valence-corrected chi connectivity index (χ0v) is 20.0. The summed E-state index contributed by atoms with van der Waals surface area (Å²) in [4.78, 5) is 23.2. The van der Waals surface area contributed by atoms with E-state index in [-0.39, 0.29) is 5.69 Å². The molecule has 1 aliphatic rings. The Balaban J connectivity index is 1.41. The molecule has 0 radical (unpaired) electrons. The zero-order valence-electron chi connectivity index (χ0n) is 20.0. The summed E-state index contributed by atoms with van der Waals surface area (Å²) in [5, 5.41) is 4.37. The molecule has 0 spiro atoms. The number of fused-ring (bicyclic) bond motifs is 5. The predicted octanol–water partition coefficient (Wildman–Crippen LogP) is 3.83. The van der Waals surface area contributed by atoms with Crippen molar-refractivity contribution >= 4 is 5.69 Å². The van der Waals surface area contributed by atoms with Crippen LogP contribution in [0.25, 0.3) is 38.9 Å².